The van der Waals surface area contributed by atoms with Gasteiger partial charge in [0.25, 0.3) is 0 Å². The van der Waals surface area contributed by atoms with Crippen LogP contribution in [-0.2, 0) is 20.9 Å². The molecule has 15 heavy (non-hydrogen) atoms. The number of halogens is 1. The summed E-state index contributed by atoms with van der Waals surface area (Å²) in [5.74, 6) is -0.800. The van der Waals surface area contributed by atoms with E-state index >= 15 is 0 Å². The van der Waals surface area contributed by atoms with E-state index in [-0.39, 0.29) is 13.2 Å². The minimum Gasteiger partial charge on any atom is -0.379 e. The van der Waals surface area contributed by atoms with E-state index in [9.17, 15) is 9.59 Å². The number of benzene rings is 1. The van der Waals surface area contributed by atoms with Crippen LogP contribution in [0.2, 0.25) is 0 Å². The molecule has 0 fully saturated rings. The van der Waals surface area contributed by atoms with Crippen LogP contribution in [0, 0.1) is 0 Å². The van der Waals surface area contributed by atoms with E-state index in [1.807, 2.05) is 30.3 Å². The third kappa shape index (κ3) is 5.15. The van der Waals surface area contributed by atoms with Gasteiger partial charge < -0.3 is 9.47 Å². The summed E-state index contributed by atoms with van der Waals surface area (Å²) in [4.78, 5) is 20.9. The smallest absolute Gasteiger partial charge is 0.379 e. The molecule has 0 aliphatic carbocycles. The van der Waals surface area contributed by atoms with Crippen LogP contribution in [-0.4, -0.2) is 18.0 Å². The number of carbonyl (C=O) groups excluding carboxylic acids is 2. The Morgan fingerprint density at radius 3 is 2.47 bits per heavy atom. The fourth-order valence-corrected chi connectivity index (χ4v) is 1.03. The first-order valence-electron chi connectivity index (χ1n) is 4.20. The van der Waals surface area contributed by atoms with E-state index in [1.54, 1.807) is 0 Å². The Morgan fingerprint density at radius 2 is 1.87 bits per heavy atom. The van der Waals surface area contributed by atoms with Crippen LogP contribution in [0.4, 0.5) is 4.79 Å². The third-order valence-electron chi connectivity index (χ3n) is 1.53. The molecule has 0 saturated heterocycles. The molecule has 0 heterocycles. The quantitative estimate of drug-likeness (QED) is 0.450. The standard InChI is InChI=1S/C10H9ClO4/c11-10(13)15-9(12)7-14-6-8-4-2-1-3-5-8/h1-5H,6-7H2. The van der Waals surface area contributed by atoms with Gasteiger partial charge in [0.2, 0.25) is 0 Å². The molecule has 1 aromatic carbocycles. The van der Waals surface area contributed by atoms with Crippen molar-refractivity contribution >= 4 is 23.0 Å². The van der Waals surface area contributed by atoms with Crippen molar-refractivity contribution < 1.29 is 19.1 Å². The molecule has 0 aliphatic heterocycles. The van der Waals surface area contributed by atoms with Crippen molar-refractivity contribution in [3.63, 3.8) is 0 Å². The second kappa shape index (κ2) is 6.16. The Bertz CT molecular complexity index is 337. The summed E-state index contributed by atoms with van der Waals surface area (Å²) in [5.41, 5.74) is -0.217. The average molecular weight is 229 g/mol. The van der Waals surface area contributed by atoms with Gasteiger partial charge in [-0.3, -0.25) is 0 Å². The lowest BCUT2D eigenvalue weighted by Crippen LogP contribution is -2.13. The Hall–Kier alpha value is -1.39. The van der Waals surface area contributed by atoms with Crippen molar-refractivity contribution in [2.75, 3.05) is 6.61 Å². The molecule has 0 N–H and O–H groups in total. The van der Waals surface area contributed by atoms with Crippen molar-refractivity contribution in [1.82, 2.24) is 0 Å². The molecule has 1 rings (SSSR count). The fraction of sp³-hybridized carbons (Fsp3) is 0.200. The molecular formula is C10H9ClO4. The van der Waals surface area contributed by atoms with Gasteiger partial charge in [-0.05, 0) is 5.56 Å². The van der Waals surface area contributed by atoms with Crippen LogP contribution in [0.5, 0.6) is 0 Å². The van der Waals surface area contributed by atoms with E-state index in [2.05, 4.69) is 4.74 Å². The van der Waals surface area contributed by atoms with Gasteiger partial charge in [0.1, 0.15) is 6.61 Å². The zero-order valence-corrected chi connectivity index (χ0v) is 8.57. The predicted octanol–water partition coefficient (Wildman–Crippen LogP) is 2.11. The van der Waals surface area contributed by atoms with Crippen LogP contribution in [0.3, 0.4) is 0 Å². The van der Waals surface area contributed by atoms with Gasteiger partial charge in [-0.1, -0.05) is 30.3 Å². The Kier molecular flexibility index (Phi) is 4.80. The number of ether oxygens (including phenoxy) is 2. The number of hydrogen-bond acceptors (Lipinski definition) is 4. The highest BCUT2D eigenvalue weighted by Gasteiger charge is 2.07. The molecule has 4 nitrogen and oxygen atoms in total. The lowest BCUT2D eigenvalue weighted by atomic mass is 10.2. The van der Waals surface area contributed by atoms with E-state index in [0.29, 0.717) is 0 Å². The molecule has 80 valence electrons. The summed E-state index contributed by atoms with van der Waals surface area (Å²) >= 11 is 4.83. The van der Waals surface area contributed by atoms with Crippen molar-refractivity contribution in [3.8, 4) is 0 Å². The maximum atomic E-state index is 10.8. The minimum absolute atomic E-state index is 0.284. The number of hydrogen-bond donors (Lipinski definition) is 0. The summed E-state index contributed by atoms with van der Waals surface area (Å²) in [7, 11) is 0. The van der Waals surface area contributed by atoms with Crippen LogP contribution in [0.15, 0.2) is 30.3 Å². The third-order valence-corrected chi connectivity index (χ3v) is 1.60. The van der Waals surface area contributed by atoms with E-state index in [1.165, 1.54) is 0 Å². The first-order valence-corrected chi connectivity index (χ1v) is 4.58. The molecule has 5 heteroatoms. The summed E-state index contributed by atoms with van der Waals surface area (Å²) in [5, 5.41) is 0. The average Bonchev–Trinajstić information content (AvgIpc) is 2.18. The lowest BCUT2D eigenvalue weighted by molar-refractivity contribution is -0.142. The molecule has 0 amide bonds. The molecule has 0 unspecified atom stereocenters. The van der Waals surface area contributed by atoms with Gasteiger partial charge in [-0.2, -0.15) is 0 Å². The zero-order chi connectivity index (χ0) is 11.1. The zero-order valence-electron chi connectivity index (χ0n) is 7.81. The fourth-order valence-electron chi connectivity index (χ4n) is 0.945. The highest BCUT2D eigenvalue weighted by Crippen LogP contribution is 2.00. The maximum Gasteiger partial charge on any atom is 0.411 e. The van der Waals surface area contributed by atoms with Gasteiger partial charge in [-0.15, -0.1) is 0 Å². The van der Waals surface area contributed by atoms with E-state index < -0.39 is 11.4 Å². The Morgan fingerprint density at radius 1 is 1.20 bits per heavy atom. The summed E-state index contributed by atoms with van der Waals surface area (Å²) in [6, 6.07) is 9.32. The minimum atomic E-state index is -1.15. The largest absolute Gasteiger partial charge is 0.411 e. The molecule has 0 spiro atoms. The van der Waals surface area contributed by atoms with Crippen molar-refractivity contribution in [2.45, 2.75) is 6.61 Å². The molecule has 0 radical (unpaired) electrons. The first-order chi connectivity index (χ1) is 7.18. The molecule has 0 atom stereocenters. The first kappa shape index (κ1) is 11.7. The second-order valence-electron chi connectivity index (χ2n) is 2.69. The van der Waals surface area contributed by atoms with Crippen LogP contribution in [0.25, 0.3) is 0 Å². The molecule has 1 aromatic rings. The highest BCUT2D eigenvalue weighted by atomic mass is 35.5. The van der Waals surface area contributed by atoms with Crippen molar-refractivity contribution in [1.29, 1.82) is 0 Å². The monoisotopic (exact) mass is 228 g/mol. The van der Waals surface area contributed by atoms with E-state index in [0.717, 1.165) is 5.56 Å². The number of rotatable bonds is 4. The normalized spacial score (nSPS) is 9.67. The van der Waals surface area contributed by atoms with Crippen LogP contribution < -0.4 is 0 Å². The second-order valence-corrected chi connectivity index (χ2v) is 3.00. The van der Waals surface area contributed by atoms with Crippen molar-refractivity contribution in [2.24, 2.45) is 0 Å². The summed E-state index contributed by atoms with van der Waals surface area (Å²) in [6.45, 7) is -0.0141. The number of carbonyl (C=O) groups is 2. The Labute approximate surface area is 91.7 Å². The van der Waals surface area contributed by atoms with Gasteiger partial charge in [-0.25, -0.2) is 9.59 Å². The lowest BCUT2D eigenvalue weighted by Gasteiger charge is -2.02. The Balaban J connectivity index is 2.22. The SMILES string of the molecule is O=C(Cl)OC(=O)COCc1ccccc1. The van der Waals surface area contributed by atoms with Crippen molar-refractivity contribution in [3.05, 3.63) is 35.9 Å². The van der Waals surface area contributed by atoms with Gasteiger partial charge in [0.15, 0.2) is 0 Å². The van der Waals surface area contributed by atoms with Crippen LogP contribution in [0.1, 0.15) is 5.56 Å². The van der Waals surface area contributed by atoms with Crippen LogP contribution >= 0.6 is 11.6 Å². The van der Waals surface area contributed by atoms with Gasteiger partial charge in [0.05, 0.1) is 6.61 Å². The summed E-state index contributed by atoms with van der Waals surface area (Å²) in [6.07, 6.45) is 0. The topological polar surface area (TPSA) is 52.6 Å². The molecule has 0 aliphatic rings. The van der Waals surface area contributed by atoms with E-state index in [4.69, 9.17) is 16.3 Å². The van der Waals surface area contributed by atoms with Gasteiger partial charge in [0, 0.05) is 11.6 Å². The number of esters is 1. The molecule has 0 bridgehead atoms. The highest BCUT2D eigenvalue weighted by molar-refractivity contribution is 6.61. The molecular weight excluding hydrogens is 220 g/mol. The van der Waals surface area contributed by atoms with Gasteiger partial charge >= 0.3 is 11.4 Å². The summed E-state index contributed by atoms with van der Waals surface area (Å²) < 4.78 is 9.05. The molecule has 0 aromatic heterocycles. The molecule has 0 saturated carbocycles. The predicted molar refractivity (Wildman–Crippen MR) is 53.4 cm³/mol. The maximum absolute atomic E-state index is 10.8.